The van der Waals surface area contributed by atoms with Crippen molar-refractivity contribution in [1.82, 2.24) is 9.80 Å². The van der Waals surface area contributed by atoms with Crippen LogP contribution in [0.4, 0.5) is 4.79 Å². The van der Waals surface area contributed by atoms with Gasteiger partial charge in [-0.2, -0.15) is 0 Å². The van der Waals surface area contributed by atoms with Gasteiger partial charge in [0.05, 0.1) is 19.8 Å². The number of piperazine rings is 1. The van der Waals surface area contributed by atoms with E-state index < -0.39 is 0 Å². The lowest BCUT2D eigenvalue weighted by Crippen LogP contribution is -2.47. The first-order valence-corrected chi connectivity index (χ1v) is 5.91. The van der Waals surface area contributed by atoms with Gasteiger partial charge < -0.3 is 24.0 Å². The first kappa shape index (κ1) is 14.2. The number of hydrogen-bond acceptors (Lipinski definition) is 5. The molecule has 1 amide bonds. The monoisotopic (exact) mass is 246 g/mol. The molecule has 100 valence electrons. The quantitative estimate of drug-likeness (QED) is 0.619. The van der Waals surface area contributed by atoms with Gasteiger partial charge in [-0.3, -0.25) is 0 Å². The van der Waals surface area contributed by atoms with E-state index in [-0.39, 0.29) is 6.09 Å². The van der Waals surface area contributed by atoms with E-state index in [2.05, 4.69) is 4.90 Å². The maximum Gasteiger partial charge on any atom is 0.409 e. The summed E-state index contributed by atoms with van der Waals surface area (Å²) in [5.74, 6) is 0. The van der Waals surface area contributed by atoms with Crippen LogP contribution in [0.2, 0.25) is 0 Å². The summed E-state index contributed by atoms with van der Waals surface area (Å²) in [5, 5.41) is 0. The lowest BCUT2D eigenvalue weighted by molar-refractivity contribution is 0.0289. The third-order valence-corrected chi connectivity index (χ3v) is 2.65. The maximum atomic E-state index is 11.6. The molecule has 0 aromatic heterocycles. The third-order valence-electron chi connectivity index (χ3n) is 2.65. The lowest BCUT2D eigenvalue weighted by atomic mass is 10.3. The fraction of sp³-hybridized carbons (Fsp3) is 0.909. The molecule has 0 aromatic carbocycles. The zero-order chi connectivity index (χ0) is 12.5. The van der Waals surface area contributed by atoms with Gasteiger partial charge in [0.25, 0.3) is 0 Å². The Kier molecular flexibility index (Phi) is 6.91. The minimum absolute atomic E-state index is 0.242. The van der Waals surface area contributed by atoms with Crippen LogP contribution in [0.25, 0.3) is 0 Å². The van der Waals surface area contributed by atoms with E-state index in [9.17, 15) is 4.79 Å². The fourth-order valence-electron chi connectivity index (χ4n) is 1.51. The molecule has 1 heterocycles. The molecular formula is C11H22N2O4. The van der Waals surface area contributed by atoms with Crippen molar-refractivity contribution in [3.63, 3.8) is 0 Å². The van der Waals surface area contributed by atoms with Crippen molar-refractivity contribution < 1.29 is 19.0 Å². The summed E-state index contributed by atoms with van der Waals surface area (Å²) in [5.41, 5.74) is 0. The van der Waals surface area contributed by atoms with E-state index in [1.807, 2.05) is 7.05 Å². The zero-order valence-corrected chi connectivity index (χ0v) is 10.7. The molecule has 0 unspecified atom stereocenters. The van der Waals surface area contributed by atoms with Crippen molar-refractivity contribution in [2.75, 3.05) is 66.8 Å². The second-order valence-corrected chi connectivity index (χ2v) is 4.01. The minimum atomic E-state index is -0.242. The largest absolute Gasteiger partial charge is 0.447 e. The van der Waals surface area contributed by atoms with Gasteiger partial charge in [-0.1, -0.05) is 0 Å². The molecule has 0 aliphatic carbocycles. The van der Waals surface area contributed by atoms with Crippen LogP contribution < -0.4 is 0 Å². The number of nitrogens with zero attached hydrogens (tertiary/aromatic N) is 2. The van der Waals surface area contributed by atoms with Crippen molar-refractivity contribution in [2.45, 2.75) is 0 Å². The number of amides is 1. The van der Waals surface area contributed by atoms with Gasteiger partial charge in [0, 0.05) is 33.3 Å². The molecule has 0 saturated carbocycles. The molecule has 1 saturated heterocycles. The SMILES string of the molecule is COCCOCCOC(=O)N1CCN(C)CC1. The summed E-state index contributed by atoms with van der Waals surface area (Å²) in [6, 6.07) is 0. The van der Waals surface area contributed by atoms with Crippen molar-refractivity contribution in [3.05, 3.63) is 0 Å². The summed E-state index contributed by atoms with van der Waals surface area (Å²) in [6.07, 6.45) is -0.242. The predicted molar refractivity (Wildman–Crippen MR) is 63.1 cm³/mol. The van der Waals surface area contributed by atoms with Crippen LogP contribution in [-0.4, -0.2) is 82.7 Å². The van der Waals surface area contributed by atoms with Gasteiger partial charge in [-0.25, -0.2) is 4.79 Å². The molecule has 6 nitrogen and oxygen atoms in total. The molecule has 0 radical (unpaired) electrons. The molecule has 17 heavy (non-hydrogen) atoms. The summed E-state index contributed by atoms with van der Waals surface area (Å²) >= 11 is 0. The highest BCUT2D eigenvalue weighted by Gasteiger charge is 2.19. The van der Waals surface area contributed by atoms with Gasteiger partial charge >= 0.3 is 6.09 Å². The number of ether oxygens (including phenoxy) is 3. The second-order valence-electron chi connectivity index (χ2n) is 4.01. The first-order chi connectivity index (χ1) is 8.24. The topological polar surface area (TPSA) is 51.2 Å². The Labute approximate surface area is 102 Å². The molecule has 1 aliphatic rings. The van der Waals surface area contributed by atoms with Gasteiger partial charge in [0.2, 0.25) is 0 Å². The Balaban J connectivity index is 2.01. The number of methoxy groups -OCH3 is 1. The lowest BCUT2D eigenvalue weighted by Gasteiger charge is -2.31. The van der Waals surface area contributed by atoms with Crippen LogP contribution in [0.15, 0.2) is 0 Å². The summed E-state index contributed by atoms with van der Waals surface area (Å²) in [7, 11) is 3.67. The number of carbonyl (C=O) groups is 1. The summed E-state index contributed by atoms with van der Waals surface area (Å²) < 4.78 is 15.1. The van der Waals surface area contributed by atoms with Gasteiger partial charge in [-0.05, 0) is 7.05 Å². The number of rotatable bonds is 6. The van der Waals surface area contributed by atoms with Crippen LogP contribution in [0.5, 0.6) is 0 Å². The predicted octanol–water partition coefficient (Wildman–Crippen LogP) is 0.0334. The molecule has 1 fully saturated rings. The first-order valence-electron chi connectivity index (χ1n) is 5.91. The molecular weight excluding hydrogens is 224 g/mol. The second kappa shape index (κ2) is 8.27. The number of carbonyl (C=O) groups excluding carboxylic acids is 1. The summed E-state index contributed by atoms with van der Waals surface area (Å²) in [4.78, 5) is 15.5. The maximum absolute atomic E-state index is 11.6. The van der Waals surface area contributed by atoms with Crippen LogP contribution in [0.1, 0.15) is 0 Å². The number of hydrogen-bond donors (Lipinski definition) is 0. The van der Waals surface area contributed by atoms with E-state index in [4.69, 9.17) is 14.2 Å². The van der Waals surface area contributed by atoms with Crippen LogP contribution in [0.3, 0.4) is 0 Å². The fourth-order valence-corrected chi connectivity index (χ4v) is 1.51. The molecule has 1 aliphatic heterocycles. The van der Waals surface area contributed by atoms with Crippen molar-refractivity contribution in [3.8, 4) is 0 Å². The molecule has 0 bridgehead atoms. The Morgan fingerprint density at radius 3 is 2.35 bits per heavy atom. The Bertz CT molecular complexity index is 218. The van der Waals surface area contributed by atoms with Gasteiger partial charge in [0.15, 0.2) is 0 Å². The Hall–Kier alpha value is -0.850. The van der Waals surface area contributed by atoms with E-state index in [1.54, 1.807) is 12.0 Å². The highest BCUT2D eigenvalue weighted by Crippen LogP contribution is 2.01. The van der Waals surface area contributed by atoms with Gasteiger partial charge in [0.1, 0.15) is 6.61 Å². The number of likely N-dealkylation sites (N-methyl/N-ethyl adjacent to an activating group) is 1. The normalized spacial score (nSPS) is 17.2. The van der Waals surface area contributed by atoms with Crippen LogP contribution >= 0.6 is 0 Å². The highest BCUT2D eigenvalue weighted by atomic mass is 16.6. The van der Waals surface area contributed by atoms with E-state index >= 15 is 0 Å². The zero-order valence-electron chi connectivity index (χ0n) is 10.7. The van der Waals surface area contributed by atoms with E-state index in [1.165, 1.54) is 0 Å². The van der Waals surface area contributed by atoms with Crippen molar-refractivity contribution >= 4 is 6.09 Å². The van der Waals surface area contributed by atoms with Gasteiger partial charge in [-0.15, -0.1) is 0 Å². The van der Waals surface area contributed by atoms with Crippen LogP contribution in [-0.2, 0) is 14.2 Å². The molecule has 0 spiro atoms. The molecule has 0 N–H and O–H groups in total. The smallest absolute Gasteiger partial charge is 0.409 e. The average Bonchev–Trinajstić information content (AvgIpc) is 2.34. The molecule has 1 rings (SSSR count). The Morgan fingerprint density at radius 1 is 1.06 bits per heavy atom. The standard InChI is InChI=1S/C11H22N2O4/c1-12-3-5-13(6-4-12)11(14)17-10-9-16-8-7-15-2/h3-10H2,1-2H3. The minimum Gasteiger partial charge on any atom is -0.447 e. The molecule has 0 atom stereocenters. The average molecular weight is 246 g/mol. The van der Waals surface area contributed by atoms with E-state index in [0.717, 1.165) is 26.2 Å². The Morgan fingerprint density at radius 2 is 1.71 bits per heavy atom. The third kappa shape index (κ3) is 5.86. The molecule has 6 heteroatoms. The highest BCUT2D eigenvalue weighted by molar-refractivity contribution is 5.67. The van der Waals surface area contributed by atoms with Crippen molar-refractivity contribution in [2.24, 2.45) is 0 Å². The molecule has 0 aromatic rings. The summed E-state index contributed by atoms with van der Waals surface area (Å²) in [6.45, 7) is 5.09. The van der Waals surface area contributed by atoms with E-state index in [0.29, 0.717) is 26.4 Å². The van der Waals surface area contributed by atoms with Crippen molar-refractivity contribution in [1.29, 1.82) is 0 Å². The van der Waals surface area contributed by atoms with Crippen LogP contribution in [0, 0.1) is 0 Å².